The largest absolute Gasteiger partial charge is 0.366 e. The second-order valence-electron chi connectivity index (χ2n) is 11.1. The minimum absolute atomic E-state index is 0.0411. The molecule has 2 unspecified atom stereocenters. The molecule has 8 rings (SSSR count). The second-order valence-corrected chi connectivity index (χ2v) is 11.1. The Morgan fingerprint density at radius 1 is 0.381 bits per heavy atom. The first-order valence-corrected chi connectivity index (χ1v) is 14.6. The van der Waals surface area contributed by atoms with Crippen molar-refractivity contribution in [2.24, 2.45) is 0 Å². The summed E-state index contributed by atoms with van der Waals surface area (Å²) in [5.41, 5.74) is 7.22. The van der Waals surface area contributed by atoms with Crippen LogP contribution in [0.1, 0.15) is 28.9 Å². The molecule has 1 aliphatic heterocycles. The first kappa shape index (κ1) is 24.6. The van der Waals surface area contributed by atoms with Gasteiger partial charge in [0.1, 0.15) is 6.17 Å². The maximum absolute atomic E-state index is 3.85. The van der Waals surface area contributed by atoms with Crippen molar-refractivity contribution in [3.05, 3.63) is 174 Å². The summed E-state index contributed by atoms with van der Waals surface area (Å²) in [5, 5.41) is 15.4. The van der Waals surface area contributed by atoms with Gasteiger partial charge < -0.3 is 5.32 Å². The van der Waals surface area contributed by atoms with Crippen LogP contribution in [0, 0.1) is 0 Å². The van der Waals surface area contributed by atoms with Gasteiger partial charge in [-0.25, -0.2) is 0 Å². The number of rotatable bonds is 4. The van der Waals surface area contributed by atoms with Gasteiger partial charge in [0.2, 0.25) is 0 Å². The highest BCUT2D eigenvalue weighted by Gasteiger charge is 2.24. The molecule has 0 spiro atoms. The molecule has 2 heteroatoms. The van der Waals surface area contributed by atoms with Gasteiger partial charge in [0.05, 0.1) is 6.04 Å². The van der Waals surface area contributed by atoms with Gasteiger partial charge in [-0.2, -0.15) is 0 Å². The number of benzene rings is 7. The zero-order valence-electron chi connectivity index (χ0n) is 23.2. The Bertz CT molecular complexity index is 2060. The summed E-state index contributed by atoms with van der Waals surface area (Å²) < 4.78 is 0. The SMILES string of the molecule is C1=C(c2ccccc2)NC(c2cccc(-c3ccc4c5ccccc5c5ccccc5c4c3)c2)NC1c1ccccc1. The van der Waals surface area contributed by atoms with E-state index in [4.69, 9.17) is 0 Å². The van der Waals surface area contributed by atoms with Gasteiger partial charge in [0.25, 0.3) is 0 Å². The van der Waals surface area contributed by atoms with Crippen molar-refractivity contribution >= 4 is 38.0 Å². The van der Waals surface area contributed by atoms with Gasteiger partial charge in [0, 0.05) is 5.70 Å². The summed E-state index contributed by atoms with van der Waals surface area (Å²) in [7, 11) is 0. The summed E-state index contributed by atoms with van der Waals surface area (Å²) in [4.78, 5) is 0. The molecule has 1 heterocycles. The third-order valence-electron chi connectivity index (χ3n) is 8.52. The highest BCUT2D eigenvalue weighted by Crippen LogP contribution is 2.38. The molecule has 7 aromatic carbocycles. The van der Waals surface area contributed by atoms with Crippen LogP contribution in [0.2, 0.25) is 0 Å². The Labute approximate surface area is 246 Å². The van der Waals surface area contributed by atoms with Crippen LogP contribution in [-0.2, 0) is 0 Å². The molecule has 0 aliphatic carbocycles. The Hall–Kier alpha value is -5.18. The third-order valence-corrected chi connectivity index (χ3v) is 8.52. The Balaban J connectivity index is 1.22. The van der Waals surface area contributed by atoms with Crippen molar-refractivity contribution in [3.8, 4) is 11.1 Å². The van der Waals surface area contributed by atoms with Crippen LogP contribution < -0.4 is 10.6 Å². The average molecular weight is 539 g/mol. The molecule has 2 nitrogen and oxygen atoms in total. The second kappa shape index (κ2) is 10.3. The zero-order chi connectivity index (χ0) is 27.9. The first-order valence-electron chi connectivity index (χ1n) is 14.6. The summed E-state index contributed by atoms with van der Waals surface area (Å²) >= 11 is 0. The van der Waals surface area contributed by atoms with Crippen LogP contribution in [0.4, 0.5) is 0 Å². The summed E-state index contributed by atoms with van der Waals surface area (Å²) in [6.07, 6.45) is 2.25. The normalized spacial score (nSPS) is 16.8. The third kappa shape index (κ3) is 4.34. The molecule has 0 radical (unpaired) electrons. The highest BCUT2D eigenvalue weighted by atomic mass is 15.2. The van der Waals surface area contributed by atoms with Crippen molar-refractivity contribution in [2.45, 2.75) is 12.2 Å². The lowest BCUT2D eigenvalue weighted by Crippen LogP contribution is -2.39. The number of hydrogen-bond acceptors (Lipinski definition) is 2. The molecule has 0 aromatic heterocycles. The van der Waals surface area contributed by atoms with E-state index < -0.39 is 0 Å². The fraction of sp³-hybridized carbons (Fsp3) is 0.0500. The van der Waals surface area contributed by atoms with Crippen LogP contribution >= 0.6 is 0 Å². The van der Waals surface area contributed by atoms with E-state index in [0.29, 0.717) is 0 Å². The predicted molar refractivity (Wildman–Crippen MR) is 177 cm³/mol. The molecule has 0 saturated heterocycles. The molecule has 2 atom stereocenters. The van der Waals surface area contributed by atoms with E-state index in [0.717, 1.165) is 5.70 Å². The average Bonchev–Trinajstić information content (AvgIpc) is 3.09. The number of nitrogens with one attached hydrogen (secondary N) is 2. The Kier molecular flexibility index (Phi) is 6.05. The number of fused-ring (bicyclic) bond motifs is 6. The van der Waals surface area contributed by atoms with E-state index in [9.17, 15) is 0 Å². The van der Waals surface area contributed by atoms with Gasteiger partial charge in [-0.3, -0.25) is 5.32 Å². The Morgan fingerprint density at radius 2 is 0.905 bits per heavy atom. The fourth-order valence-corrected chi connectivity index (χ4v) is 6.45. The van der Waals surface area contributed by atoms with Crippen molar-refractivity contribution in [1.29, 1.82) is 0 Å². The monoisotopic (exact) mass is 538 g/mol. The summed E-state index contributed by atoms with van der Waals surface area (Å²) in [6, 6.07) is 54.8. The molecule has 0 fully saturated rings. The molecule has 7 aromatic rings. The van der Waals surface area contributed by atoms with Crippen molar-refractivity contribution in [1.82, 2.24) is 10.6 Å². The summed E-state index contributed by atoms with van der Waals surface area (Å²) in [5.74, 6) is 0. The van der Waals surface area contributed by atoms with Crippen molar-refractivity contribution < 1.29 is 0 Å². The topological polar surface area (TPSA) is 24.1 Å². The van der Waals surface area contributed by atoms with Gasteiger partial charge in [-0.15, -0.1) is 0 Å². The van der Waals surface area contributed by atoms with Crippen LogP contribution in [0.5, 0.6) is 0 Å². The van der Waals surface area contributed by atoms with Crippen LogP contribution in [0.25, 0.3) is 49.1 Å². The lowest BCUT2D eigenvalue weighted by Gasteiger charge is -2.33. The molecule has 2 N–H and O–H groups in total. The quantitative estimate of drug-likeness (QED) is 0.218. The smallest absolute Gasteiger partial charge is 0.104 e. The molecule has 1 aliphatic rings. The van der Waals surface area contributed by atoms with E-state index >= 15 is 0 Å². The minimum Gasteiger partial charge on any atom is -0.366 e. The van der Waals surface area contributed by atoms with Crippen molar-refractivity contribution in [3.63, 3.8) is 0 Å². The minimum atomic E-state index is -0.0411. The molecule has 42 heavy (non-hydrogen) atoms. The van der Waals surface area contributed by atoms with E-state index in [1.165, 1.54) is 60.1 Å². The zero-order valence-corrected chi connectivity index (χ0v) is 23.2. The first-order chi connectivity index (χ1) is 20.8. The molecule has 200 valence electrons. The fourth-order valence-electron chi connectivity index (χ4n) is 6.45. The molecule has 0 saturated carbocycles. The number of hydrogen-bond donors (Lipinski definition) is 2. The Morgan fingerprint density at radius 3 is 1.60 bits per heavy atom. The molecule has 0 amide bonds. The molecule has 0 bridgehead atoms. The van der Waals surface area contributed by atoms with E-state index in [1.54, 1.807) is 0 Å². The summed E-state index contributed by atoms with van der Waals surface area (Å²) in [6.45, 7) is 0. The lowest BCUT2D eigenvalue weighted by molar-refractivity contribution is 0.443. The van der Waals surface area contributed by atoms with Gasteiger partial charge >= 0.3 is 0 Å². The predicted octanol–water partition coefficient (Wildman–Crippen LogP) is 9.79. The van der Waals surface area contributed by atoms with E-state index in [2.05, 4.69) is 168 Å². The van der Waals surface area contributed by atoms with Crippen LogP contribution in [0.15, 0.2) is 158 Å². The van der Waals surface area contributed by atoms with Crippen LogP contribution in [0.3, 0.4) is 0 Å². The lowest BCUT2D eigenvalue weighted by atomic mass is 9.91. The van der Waals surface area contributed by atoms with E-state index in [1.807, 2.05) is 0 Å². The van der Waals surface area contributed by atoms with Crippen molar-refractivity contribution in [2.75, 3.05) is 0 Å². The highest BCUT2D eigenvalue weighted by molar-refractivity contribution is 6.25. The van der Waals surface area contributed by atoms with Crippen LogP contribution in [-0.4, -0.2) is 0 Å². The van der Waals surface area contributed by atoms with Gasteiger partial charge in [-0.1, -0.05) is 140 Å². The molecular formula is C40H30N2. The van der Waals surface area contributed by atoms with E-state index in [-0.39, 0.29) is 12.2 Å². The standard InChI is InChI=1S/C40H30N2/c1-3-12-27(13-4-1)38-26-39(28-14-5-2-6-15-28)42-40(41-38)31-17-11-16-29(24-31)30-22-23-36-34-20-8-7-18-32(34)33-19-9-10-21-35(33)37(36)25-30/h1-26,38,40-42H. The maximum atomic E-state index is 3.85. The molecular weight excluding hydrogens is 508 g/mol. The maximum Gasteiger partial charge on any atom is 0.104 e. The van der Waals surface area contributed by atoms with Gasteiger partial charge in [0.15, 0.2) is 0 Å². The van der Waals surface area contributed by atoms with Gasteiger partial charge in [-0.05, 0) is 78.3 Å².